The van der Waals surface area contributed by atoms with Gasteiger partial charge in [-0.3, -0.25) is 4.98 Å². The molecule has 2 aromatic heterocycles. The molecule has 0 bridgehead atoms. The van der Waals surface area contributed by atoms with Gasteiger partial charge in [0.05, 0.1) is 5.36 Å². The van der Waals surface area contributed by atoms with Crippen LogP contribution in [0.3, 0.4) is 0 Å². The maximum Gasteiger partial charge on any atom is 0.162 e. The molecule has 0 aliphatic heterocycles. The number of rotatable bonds is 1. The molecule has 3 rings (SSSR count). The van der Waals surface area contributed by atoms with Gasteiger partial charge in [0.1, 0.15) is 22.0 Å². The molecule has 1 aromatic carbocycles. The highest BCUT2D eigenvalue weighted by Gasteiger charge is 2.11. The summed E-state index contributed by atoms with van der Waals surface area (Å²) in [5.74, 6) is 0. The summed E-state index contributed by atoms with van der Waals surface area (Å²) in [4.78, 5) is 4.39. The molecule has 122 valence electrons. The Morgan fingerprint density at radius 3 is 2.61 bits per heavy atom. The van der Waals surface area contributed by atoms with Gasteiger partial charge in [-0.05, 0) is 31.2 Å². The van der Waals surface area contributed by atoms with Crippen LogP contribution < -0.4 is 10.8 Å². The molecule has 2 atom stereocenters. The van der Waals surface area contributed by atoms with E-state index < -0.39 is 11.0 Å². The largest absolute Gasteiger partial charge is 0.454 e. The first-order chi connectivity index (χ1) is 11.0. The van der Waals surface area contributed by atoms with Crippen molar-refractivity contribution in [2.24, 2.45) is 4.40 Å². The fraction of sp³-hybridized carbons (Fsp3) is 0.250. The third-order valence-corrected chi connectivity index (χ3v) is 4.34. The number of fused-ring (bicyclic) bond motifs is 2. The van der Waals surface area contributed by atoms with Crippen molar-refractivity contribution < 1.29 is 8.63 Å². The minimum Gasteiger partial charge on any atom is -0.454 e. The van der Waals surface area contributed by atoms with Crippen LogP contribution in [-0.2, 0) is 11.0 Å². The molecule has 0 aliphatic carbocycles. The van der Waals surface area contributed by atoms with Crippen molar-refractivity contribution in [3.63, 3.8) is 0 Å². The lowest BCUT2D eigenvalue weighted by molar-refractivity contribution is 0.660. The molecule has 0 spiro atoms. The van der Waals surface area contributed by atoms with Gasteiger partial charge in [-0.15, -0.1) is 0 Å². The summed E-state index contributed by atoms with van der Waals surface area (Å²) in [7, 11) is 1.27. The Kier molecular flexibility index (Phi) is 6.06. The summed E-state index contributed by atoms with van der Waals surface area (Å²) in [6.45, 7) is 5.91. The van der Waals surface area contributed by atoms with Crippen molar-refractivity contribution in [1.82, 2.24) is 4.98 Å². The Labute approximate surface area is 148 Å². The maximum absolute atomic E-state index is 11.6. The number of aromatic nitrogens is 1. The molecule has 0 aliphatic rings. The molecule has 2 unspecified atom stereocenters. The summed E-state index contributed by atoms with van der Waals surface area (Å²) in [5, 5.41) is 2.30. The quantitative estimate of drug-likeness (QED) is 0.451. The number of aryl methyl sites for hydroxylation is 1. The monoisotopic (exact) mass is 412 g/mol. The number of hydrogen-bond donors (Lipinski definition) is 0. The summed E-state index contributed by atoms with van der Waals surface area (Å²) < 4.78 is 22.8. The van der Waals surface area contributed by atoms with E-state index in [1.54, 1.807) is 6.26 Å². The second-order valence-electron chi connectivity index (χ2n) is 4.63. The standard InChI is InChI=1S/C14H12BrN2O2PS.C2H6/c1-7-5-10-12(17-21(2)18)9-6-8(15)3-4-11(9)19-13(10)14(20)16-7;1-2/h3-6H,20H2,1-2H3;1-2H3/b17-12-;. The van der Waals surface area contributed by atoms with Crippen LogP contribution in [0.25, 0.3) is 21.9 Å². The molecule has 0 N–H and O–H groups in total. The molecule has 2 heterocycles. The van der Waals surface area contributed by atoms with E-state index in [0.717, 1.165) is 20.9 Å². The van der Waals surface area contributed by atoms with Gasteiger partial charge in [-0.1, -0.05) is 39.0 Å². The SMILES string of the molecule is CC.Cc1cc2/c(=N\S(C)=O)c3cc(Br)ccc3oc2c(P)n1. The van der Waals surface area contributed by atoms with Gasteiger partial charge < -0.3 is 4.42 Å². The summed E-state index contributed by atoms with van der Waals surface area (Å²) in [6, 6.07) is 7.58. The predicted octanol–water partition coefficient (Wildman–Crippen LogP) is 3.77. The lowest BCUT2D eigenvalue weighted by Gasteiger charge is -2.07. The van der Waals surface area contributed by atoms with Gasteiger partial charge in [0, 0.05) is 27.2 Å². The molecular weight excluding hydrogens is 395 g/mol. The molecule has 4 nitrogen and oxygen atoms in total. The van der Waals surface area contributed by atoms with Crippen molar-refractivity contribution in [3.8, 4) is 0 Å². The van der Waals surface area contributed by atoms with Crippen LogP contribution in [-0.4, -0.2) is 15.4 Å². The van der Waals surface area contributed by atoms with Crippen molar-refractivity contribution in [1.29, 1.82) is 0 Å². The van der Waals surface area contributed by atoms with E-state index in [0.29, 0.717) is 22.0 Å². The van der Waals surface area contributed by atoms with Crippen LogP contribution in [0.2, 0.25) is 0 Å². The highest BCUT2D eigenvalue weighted by Crippen LogP contribution is 2.22. The average molecular weight is 413 g/mol. The maximum atomic E-state index is 11.6. The Morgan fingerprint density at radius 1 is 1.26 bits per heavy atom. The van der Waals surface area contributed by atoms with E-state index in [1.165, 1.54) is 0 Å². The number of halogens is 1. The lowest BCUT2D eigenvalue weighted by Crippen LogP contribution is -2.12. The van der Waals surface area contributed by atoms with E-state index in [2.05, 4.69) is 34.6 Å². The first kappa shape index (κ1) is 18.2. The zero-order valence-corrected chi connectivity index (χ0v) is 16.9. The Morgan fingerprint density at radius 2 is 1.96 bits per heavy atom. The van der Waals surface area contributed by atoms with E-state index in [4.69, 9.17) is 4.42 Å². The van der Waals surface area contributed by atoms with Crippen molar-refractivity contribution in [2.75, 3.05) is 6.26 Å². The van der Waals surface area contributed by atoms with E-state index in [-0.39, 0.29) is 0 Å². The molecule has 0 radical (unpaired) electrons. The van der Waals surface area contributed by atoms with Crippen LogP contribution in [0.5, 0.6) is 0 Å². The lowest BCUT2D eigenvalue weighted by atomic mass is 10.1. The van der Waals surface area contributed by atoms with Crippen molar-refractivity contribution >= 4 is 63.5 Å². The van der Waals surface area contributed by atoms with E-state index in [9.17, 15) is 4.21 Å². The molecule has 3 aromatic rings. The summed E-state index contributed by atoms with van der Waals surface area (Å²) >= 11 is 3.45. The minimum atomic E-state index is -1.31. The Bertz CT molecular complexity index is 970. The third-order valence-electron chi connectivity index (χ3n) is 3.01. The first-order valence-electron chi connectivity index (χ1n) is 7.13. The fourth-order valence-corrected chi connectivity index (χ4v) is 3.46. The summed E-state index contributed by atoms with van der Waals surface area (Å²) in [5.41, 5.74) is 2.90. The minimum absolute atomic E-state index is 0.643. The van der Waals surface area contributed by atoms with E-state index in [1.807, 2.05) is 45.0 Å². The first-order valence-corrected chi connectivity index (χ1v) is 10.0. The molecule has 0 saturated carbocycles. The van der Waals surface area contributed by atoms with Gasteiger partial charge >= 0.3 is 0 Å². The summed E-state index contributed by atoms with van der Waals surface area (Å²) in [6.07, 6.45) is 1.55. The van der Waals surface area contributed by atoms with Crippen molar-refractivity contribution in [3.05, 3.63) is 39.8 Å². The molecule has 23 heavy (non-hydrogen) atoms. The normalized spacial score (nSPS) is 13.0. The van der Waals surface area contributed by atoms with Gasteiger partial charge in [0.25, 0.3) is 0 Å². The second-order valence-corrected chi connectivity index (χ2v) is 7.12. The van der Waals surface area contributed by atoms with Crippen LogP contribution in [0.15, 0.2) is 37.6 Å². The number of nitrogens with zero attached hydrogens (tertiary/aromatic N) is 2. The molecule has 7 heteroatoms. The van der Waals surface area contributed by atoms with Crippen LogP contribution in [0.4, 0.5) is 0 Å². The van der Waals surface area contributed by atoms with Crippen molar-refractivity contribution in [2.45, 2.75) is 20.8 Å². The topological polar surface area (TPSA) is 55.5 Å². The van der Waals surface area contributed by atoms with Gasteiger partial charge in [-0.25, -0.2) is 4.21 Å². The molecule has 0 saturated heterocycles. The molecular formula is C16H18BrN2O2PS. The molecule has 0 amide bonds. The van der Waals surface area contributed by atoms with Gasteiger partial charge in [0.2, 0.25) is 0 Å². The molecule has 0 fully saturated rings. The van der Waals surface area contributed by atoms with Gasteiger partial charge in [-0.2, -0.15) is 4.40 Å². The second kappa shape index (κ2) is 7.65. The zero-order chi connectivity index (χ0) is 17.1. The zero-order valence-electron chi connectivity index (χ0n) is 13.4. The van der Waals surface area contributed by atoms with Crippen LogP contribution >= 0.6 is 25.2 Å². The smallest absolute Gasteiger partial charge is 0.162 e. The third kappa shape index (κ3) is 3.87. The highest BCUT2D eigenvalue weighted by molar-refractivity contribution is 9.10. The fourth-order valence-electron chi connectivity index (χ4n) is 2.23. The average Bonchev–Trinajstić information content (AvgIpc) is 2.50. The highest BCUT2D eigenvalue weighted by atomic mass is 79.9. The van der Waals surface area contributed by atoms with Gasteiger partial charge in [0.15, 0.2) is 5.58 Å². The number of hydrogen-bond acceptors (Lipinski definition) is 3. The number of benzene rings is 1. The Hall–Kier alpha value is -1.10. The van der Waals surface area contributed by atoms with Crippen LogP contribution in [0.1, 0.15) is 19.5 Å². The number of pyridine rings is 1. The van der Waals surface area contributed by atoms with Crippen LogP contribution in [0, 0.1) is 6.92 Å². The van der Waals surface area contributed by atoms with E-state index >= 15 is 0 Å². The Balaban J connectivity index is 0.000000924. The predicted molar refractivity (Wildman–Crippen MR) is 104 cm³/mol.